The van der Waals surface area contributed by atoms with E-state index in [0.29, 0.717) is 5.69 Å². The average Bonchev–Trinajstić information content (AvgIpc) is 2.84. The van der Waals surface area contributed by atoms with Crippen molar-refractivity contribution < 1.29 is 49.8 Å². The molecule has 11 nitrogen and oxygen atoms in total. The van der Waals surface area contributed by atoms with Crippen LogP contribution in [0.2, 0.25) is 0 Å². The van der Waals surface area contributed by atoms with Crippen LogP contribution in [0.5, 0.6) is 0 Å². The molecule has 1 aliphatic heterocycles. The zero-order chi connectivity index (χ0) is 26.6. The van der Waals surface area contributed by atoms with Crippen LogP contribution >= 0.6 is 11.8 Å². The standard InChI is InChI=1S/C24H27NO10S/c1-12(27)25(13-6-3-2-4-7-13)16(23(33)34)10-15-14(22(31)32)8-5-9-18(15)36-24-21(30)20(29)19(28)17(11-26)35-24/h2-9,16-17,19-21,24,26,28-30H,10-11H2,1H3,(H,31,32)(H,33,34)/t16-,17+,19+,20-,21+,24-/m0/s1. The summed E-state index contributed by atoms with van der Waals surface area (Å²) in [7, 11) is 0. The van der Waals surface area contributed by atoms with Gasteiger partial charge in [0.25, 0.3) is 0 Å². The lowest BCUT2D eigenvalue weighted by Crippen LogP contribution is -2.57. The molecule has 194 valence electrons. The van der Waals surface area contributed by atoms with Crippen molar-refractivity contribution in [3.05, 3.63) is 59.7 Å². The monoisotopic (exact) mass is 521 g/mol. The number of carboxylic acid groups (broad SMARTS) is 2. The summed E-state index contributed by atoms with van der Waals surface area (Å²) in [6.45, 7) is 0.561. The zero-order valence-corrected chi connectivity index (χ0v) is 20.0. The second-order valence-corrected chi connectivity index (χ2v) is 9.33. The van der Waals surface area contributed by atoms with Gasteiger partial charge in [0.1, 0.15) is 35.9 Å². The smallest absolute Gasteiger partial charge is 0.336 e. The van der Waals surface area contributed by atoms with E-state index in [2.05, 4.69) is 0 Å². The summed E-state index contributed by atoms with van der Waals surface area (Å²) in [6.07, 6.45) is -6.38. The van der Waals surface area contributed by atoms with Gasteiger partial charge in [-0.05, 0) is 29.8 Å². The van der Waals surface area contributed by atoms with E-state index in [4.69, 9.17) is 4.74 Å². The maximum Gasteiger partial charge on any atom is 0.336 e. The van der Waals surface area contributed by atoms with E-state index in [0.717, 1.165) is 16.7 Å². The maximum absolute atomic E-state index is 12.5. The number of aliphatic carboxylic acids is 1. The molecule has 12 heteroatoms. The normalized spacial score (nSPS) is 24.6. The topological polar surface area (TPSA) is 185 Å². The Morgan fingerprint density at radius 2 is 1.64 bits per heavy atom. The summed E-state index contributed by atoms with van der Waals surface area (Å²) in [5.41, 5.74) is -1.05. The first-order chi connectivity index (χ1) is 17.1. The summed E-state index contributed by atoms with van der Waals surface area (Å²) in [5, 5.41) is 59.9. The molecule has 0 aromatic heterocycles. The van der Waals surface area contributed by atoms with E-state index in [9.17, 15) is 45.0 Å². The number of ether oxygens (including phenoxy) is 1. The summed E-state index contributed by atoms with van der Waals surface area (Å²) < 4.78 is 5.52. The minimum Gasteiger partial charge on any atom is -0.480 e. The van der Waals surface area contributed by atoms with Crippen LogP contribution in [0.3, 0.4) is 0 Å². The number of carboxylic acids is 2. The maximum atomic E-state index is 12.5. The molecule has 6 N–H and O–H groups in total. The SMILES string of the molecule is CC(=O)N(c1ccccc1)[C@@H](Cc1c(S[C@@H]2O[C@H](CO)[C@@H](O)[C@H](O)[C@H]2O)cccc1C(=O)O)C(=O)O. The molecular weight excluding hydrogens is 494 g/mol. The molecule has 1 fully saturated rings. The molecule has 0 radical (unpaired) electrons. The molecule has 0 aliphatic carbocycles. The lowest BCUT2D eigenvalue weighted by molar-refractivity contribution is -0.205. The van der Waals surface area contributed by atoms with E-state index < -0.39 is 66.8 Å². The highest BCUT2D eigenvalue weighted by atomic mass is 32.2. The summed E-state index contributed by atoms with van der Waals surface area (Å²) in [5.74, 6) is -3.26. The third-order valence-corrected chi connectivity index (χ3v) is 7.08. The minimum atomic E-state index is -1.64. The Morgan fingerprint density at radius 1 is 0.972 bits per heavy atom. The molecule has 36 heavy (non-hydrogen) atoms. The van der Waals surface area contributed by atoms with Crippen molar-refractivity contribution in [2.75, 3.05) is 11.5 Å². The molecule has 0 spiro atoms. The number of nitrogens with zero attached hydrogens (tertiary/aromatic N) is 1. The van der Waals surface area contributed by atoms with Crippen LogP contribution in [-0.2, 0) is 20.7 Å². The number of carbonyl (C=O) groups is 3. The van der Waals surface area contributed by atoms with Gasteiger partial charge in [0.2, 0.25) is 5.91 Å². The van der Waals surface area contributed by atoms with E-state index in [1.165, 1.54) is 25.1 Å². The fourth-order valence-electron chi connectivity index (χ4n) is 4.03. The molecule has 1 saturated heterocycles. The molecule has 0 saturated carbocycles. The minimum absolute atomic E-state index is 0.0709. The number of para-hydroxylation sites is 1. The van der Waals surface area contributed by atoms with Crippen LogP contribution in [0.25, 0.3) is 0 Å². The number of rotatable bonds is 9. The van der Waals surface area contributed by atoms with Gasteiger partial charge in [-0.1, -0.05) is 36.0 Å². The van der Waals surface area contributed by atoms with Crippen molar-refractivity contribution in [1.82, 2.24) is 0 Å². The molecule has 3 rings (SSSR count). The van der Waals surface area contributed by atoms with Crippen molar-refractivity contribution in [3.63, 3.8) is 0 Å². The fourth-order valence-corrected chi connectivity index (χ4v) is 5.27. The van der Waals surface area contributed by atoms with E-state index in [1.54, 1.807) is 30.3 Å². The number of aliphatic hydroxyl groups excluding tert-OH is 4. The molecule has 2 aromatic rings. The Bertz CT molecular complexity index is 1100. The van der Waals surface area contributed by atoms with Crippen LogP contribution in [0.1, 0.15) is 22.8 Å². The number of aliphatic hydroxyl groups is 4. The zero-order valence-electron chi connectivity index (χ0n) is 19.2. The third kappa shape index (κ3) is 5.86. The van der Waals surface area contributed by atoms with Crippen molar-refractivity contribution in [3.8, 4) is 0 Å². The predicted octanol–water partition coefficient (Wildman–Crippen LogP) is 0.326. The number of hydrogen-bond donors (Lipinski definition) is 6. The van der Waals surface area contributed by atoms with Crippen LogP contribution in [0.4, 0.5) is 5.69 Å². The number of benzene rings is 2. The number of aromatic carboxylic acids is 1. The Kier molecular flexibility index (Phi) is 9.06. The molecule has 0 bridgehead atoms. The molecule has 1 amide bonds. The summed E-state index contributed by atoms with van der Waals surface area (Å²) in [6, 6.07) is 10.8. The van der Waals surface area contributed by atoms with E-state index in [-0.39, 0.29) is 16.0 Å². The van der Waals surface area contributed by atoms with Gasteiger partial charge in [0, 0.05) is 23.9 Å². The van der Waals surface area contributed by atoms with E-state index in [1.807, 2.05) is 0 Å². The Labute approximate surface area is 210 Å². The van der Waals surface area contributed by atoms with Gasteiger partial charge in [-0.15, -0.1) is 0 Å². The Balaban J connectivity index is 2.03. The van der Waals surface area contributed by atoms with Gasteiger partial charge in [-0.25, -0.2) is 9.59 Å². The predicted molar refractivity (Wildman–Crippen MR) is 128 cm³/mol. The van der Waals surface area contributed by atoms with Gasteiger partial charge in [-0.2, -0.15) is 0 Å². The van der Waals surface area contributed by atoms with Gasteiger partial charge in [-0.3, -0.25) is 9.69 Å². The van der Waals surface area contributed by atoms with Gasteiger partial charge in [0.05, 0.1) is 12.2 Å². The van der Waals surface area contributed by atoms with E-state index >= 15 is 0 Å². The summed E-state index contributed by atoms with van der Waals surface area (Å²) >= 11 is 0.811. The molecule has 0 unspecified atom stereocenters. The highest BCUT2D eigenvalue weighted by Gasteiger charge is 2.44. The lowest BCUT2D eigenvalue weighted by atomic mass is 9.98. The highest BCUT2D eigenvalue weighted by Crippen LogP contribution is 2.37. The Hall–Kier alpha value is -3.00. The average molecular weight is 522 g/mol. The third-order valence-electron chi connectivity index (χ3n) is 5.82. The highest BCUT2D eigenvalue weighted by molar-refractivity contribution is 7.99. The number of thioether (sulfide) groups is 1. The van der Waals surface area contributed by atoms with Gasteiger partial charge >= 0.3 is 11.9 Å². The number of hydrogen-bond acceptors (Lipinski definition) is 9. The van der Waals surface area contributed by atoms with Crippen molar-refractivity contribution in [1.29, 1.82) is 0 Å². The van der Waals surface area contributed by atoms with Crippen molar-refractivity contribution in [2.45, 2.75) is 54.1 Å². The summed E-state index contributed by atoms with van der Waals surface area (Å²) in [4.78, 5) is 38.1. The fraction of sp³-hybridized carbons (Fsp3) is 0.375. The van der Waals surface area contributed by atoms with Crippen LogP contribution in [0.15, 0.2) is 53.4 Å². The second-order valence-electron chi connectivity index (χ2n) is 8.19. The van der Waals surface area contributed by atoms with Crippen molar-refractivity contribution >= 4 is 35.3 Å². The van der Waals surface area contributed by atoms with Gasteiger partial charge in [0.15, 0.2) is 0 Å². The quantitative estimate of drug-likeness (QED) is 0.267. The molecule has 1 heterocycles. The van der Waals surface area contributed by atoms with Crippen LogP contribution in [0, 0.1) is 0 Å². The van der Waals surface area contributed by atoms with Gasteiger partial charge < -0.3 is 35.4 Å². The number of amides is 1. The molecular formula is C24H27NO10S. The number of carbonyl (C=O) groups excluding carboxylic acids is 1. The van der Waals surface area contributed by atoms with Crippen LogP contribution in [-0.4, -0.2) is 91.0 Å². The van der Waals surface area contributed by atoms with Crippen LogP contribution < -0.4 is 4.90 Å². The first-order valence-corrected chi connectivity index (χ1v) is 11.8. The largest absolute Gasteiger partial charge is 0.480 e. The molecule has 6 atom stereocenters. The number of anilines is 1. The Morgan fingerprint density at radius 3 is 2.19 bits per heavy atom. The first-order valence-electron chi connectivity index (χ1n) is 11.0. The van der Waals surface area contributed by atoms with Crippen molar-refractivity contribution in [2.24, 2.45) is 0 Å². The first kappa shape index (κ1) is 27.6. The second kappa shape index (κ2) is 11.8. The molecule has 1 aliphatic rings. The lowest BCUT2D eigenvalue weighted by Gasteiger charge is -2.39. The molecule has 2 aromatic carbocycles.